The fourth-order valence-electron chi connectivity index (χ4n) is 3.14. The summed E-state index contributed by atoms with van der Waals surface area (Å²) in [4.78, 5) is 7.04. The van der Waals surface area contributed by atoms with Crippen molar-refractivity contribution in [1.29, 1.82) is 0 Å². The molecule has 0 unspecified atom stereocenters. The molecule has 0 aromatic carbocycles. The number of nitrogens with one attached hydrogen (secondary N) is 2. The molecule has 166 valence electrons. The average Bonchev–Trinajstić information content (AvgIpc) is 2.53. The molecule has 1 saturated heterocycles. The van der Waals surface area contributed by atoms with Crippen molar-refractivity contribution in [3.8, 4) is 0 Å². The fourth-order valence-corrected chi connectivity index (χ4v) is 3.14. The van der Waals surface area contributed by atoms with Crippen molar-refractivity contribution in [3.63, 3.8) is 0 Å². The van der Waals surface area contributed by atoms with Gasteiger partial charge in [-0.15, -0.1) is 0 Å². The van der Waals surface area contributed by atoms with Gasteiger partial charge in [-0.2, -0.15) is 26.3 Å². The first-order valence-electron chi connectivity index (χ1n) is 9.55. The van der Waals surface area contributed by atoms with Crippen molar-refractivity contribution in [2.24, 2.45) is 10.9 Å². The van der Waals surface area contributed by atoms with Crippen LogP contribution in [0, 0.1) is 5.92 Å². The second-order valence-electron chi connectivity index (χ2n) is 7.16. The Kier molecular flexibility index (Phi) is 10.4. The Morgan fingerprint density at radius 3 is 2.25 bits per heavy atom. The minimum Gasteiger partial charge on any atom is -0.357 e. The zero-order chi connectivity index (χ0) is 21.2. The van der Waals surface area contributed by atoms with Crippen molar-refractivity contribution < 1.29 is 26.3 Å². The van der Waals surface area contributed by atoms with Crippen LogP contribution in [-0.2, 0) is 0 Å². The first-order valence-corrected chi connectivity index (χ1v) is 9.55. The van der Waals surface area contributed by atoms with Crippen LogP contribution in [0.1, 0.15) is 26.2 Å². The van der Waals surface area contributed by atoms with Gasteiger partial charge in [0.05, 0.1) is 13.1 Å². The standard InChI is InChI=1S/C17H31F6N5/c1-3-24-15(26-8-11-27(2)12-16(18,19)20)25-7-4-14-5-9-28(10-6-14)13-17(21,22)23/h14H,3-13H2,1-2H3,(H2,24,25,26). The maximum atomic E-state index is 12.4. The number of hydrogen-bond acceptors (Lipinski definition) is 3. The summed E-state index contributed by atoms with van der Waals surface area (Å²) in [5.74, 6) is 0.881. The lowest BCUT2D eigenvalue weighted by atomic mass is 9.93. The van der Waals surface area contributed by atoms with Crippen LogP contribution < -0.4 is 10.6 Å². The molecule has 5 nitrogen and oxygen atoms in total. The van der Waals surface area contributed by atoms with E-state index in [0.29, 0.717) is 44.6 Å². The minimum atomic E-state index is -4.22. The van der Waals surface area contributed by atoms with Gasteiger partial charge in [0.1, 0.15) is 0 Å². The molecule has 11 heteroatoms. The molecule has 1 fully saturated rings. The number of halogens is 6. The van der Waals surface area contributed by atoms with E-state index in [2.05, 4.69) is 15.6 Å². The van der Waals surface area contributed by atoms with Crippen LogP contribution in [0.5, 0.6) is 0 Å². The van der Waals surface area contributed by atoms with Crippen LogP contribution in [0.4, 0.5) is 26.3 Å². The summed E-state index contributed by atoms with van der Waals surface area (Å²) < 4.78 is 74.1. The summed E-state index contributed by atoms with van der Waals surface area (Å²) in [5, 5.41) is 6.04. The lowest BCUT2D eigenvalue weighted by Gasteiger charge is -2.32. The monoisotopic (exact) mass is 419 g/mol. The highest BCUT2D eigenvalue weighted by molar-refractivity contribution is 5.79. The summed E-state index contributed by atoms with van der Waals surface area (Å²) in [5.41, 5.74) is 0. The van der Waals surface area contributed by atoms with Gasteiger partial charge in [0, 0.05) is 26.2 Å². The lowest BCUT2D eigenvalue weighted by Crippen LogP contribution is -2.42. The largest absolute Gasteiger partial charge is 0.401 e. The maximum Gasteiger partial charge on any atom is 0.401 e. The quantitative estimate of drug-likeness (QED) is 0.343. The molecule has 0 aromatic heterocycles. The molecule has 1 aliphatic rings. The third kappa shape index (κ3) is 12.3. The number of likely N-dealkylation sites (N-methyl/N-ethyl adjacent to an activating group) is 1. The van der Waals surface area contributed by atoms with E-state index in [9.17, 15) is 26.3 Å². The molecule has 0 aliphatic carbocycles. The van der Waals surface area contributed by atoms with Crippen molar-refractivity contribution in [3.05, 3.63) is 0 Å². The second kappa shape index (κ2) is 11.7. The highest BCUT2D eigenvalue weighted by Crippen LogP contribution is 2.24. The molecule has 0 bridgehead atoms. The Balaban J connectivity index is 2.29. The molecule has 2 N–H and O–H groups in total. The van der Waals surface area contributed by atoms with Crippen LogP contribution in [0.15, 0.2) is 4.99 Å². The van der Waals surface area contributed by atoms with Crippen molar-refractivity contribution in [2.45, 2.75) is 38.5 Å². The SMILES string of the molecule is CCNC(=NCCC1CCN(CC(F)(F)F)CC1)NCCN(C)CC(F)(F)F. The average molecular weight is 419 g/mol. The molecule has 0 saturated carbocycles. The van der Waals surface area contributed by atoms with Gasteiger partial charge >= 0.3 is 12.4 Å². The highest BCUT2D eigenvalue weighted by Gasteiger charge is 2.32. The molecule has 28 heavy (non-hydrogen) atoms. The molecule has 0 radical (unpaired) electrons. The second-order valence-corrected chi connectivity index (χ2v) is 7.16. The molecule has 0 spiro atoms. The van der Waals surface area contributed by atoms with Gasteiger partial charge in [-0.1, -0.05) is 0 Å². The Morgan fingerprint density at radius 2 is 1.71 bits per heavy atom. The fraction of sp³-hybridized carbons (Fsp3) is 0.941. The Labute approximate surface area is 162 Å². The Bertz CT molecular complexity index is 458. The Morgan fingerprint density at radius 1 is 1.07 bits per heavy atom. The molecular formula is C17H31F6N5. The number of piperidine rings is 1. The lowest BCUT2D eigenvalue weighted by molar-refractivity contribution is -0.148. The van der Waals surface area contributed by atoms with Crippen LogP contribution >= 0.6 is 0 Å². The molecular weight excluding hydrogens is 388 g/mol. The number of aliphatic imine (C=N–C) groups is 1. The van der Waals surface area contributed by atoms with Crippen molar-refractivity contribution in [1.82, 2.24) is 20.4 Å². The van der Waals surface area contributed by atoms with Crippen LogP contribution in [0.2, 0.25) is 0 Å². The van der Waals surface area contributed by atoms with E-state index >= 15 is 0 Å². The van der Waals surface area contributed by atoms with E-state index in [1.807, 2.05) is 6.92 Å². The Hall–Kier alpha value is -1.23. The van der Waals surface area contributed by atoms with Gasteiger partial charge in [-0.05, 0) is 52.2 Å². The predicted octanol–water partition coefficient (Wildman–Crippen LogP) is 2.70. The summed E-state index contributed by atoms with van der Waals surface area (Å²) in [7, 11) is 1.41. The van der Waals surface area contributed by atoms with Gasteiger partial charge in [0.25, 0.3) is 0 Å². The first kappa shape index (κ1) is 24.8. The number of likely N-dealkylation sites (tertiary alicyclic amines) is 1. The van der Waals surface area contributed by atoms with E-state index in [0.717, 1.165) is 19.3 Å². The van der Waals surface area contributed by atoms with E-state index in [-0.39, 0.29) is 6.54 Å². The van der Waals surface area contributed by atoms with Gasteiger partial charge in [0.2, 0.25) is 0 Å². The third-order valence-electron chi connectivity index (χ3n) is 4.50. The smallest absolute Gasteiger partial charge is 0.357 e. The van der Waals surface area contributed by atoms with E-state index in [4.69, 9.17) is 0 Å². The molecule has 1 heterocycles. The number of guanidine groups is 1. The molecule has 1 aliphatic heterocycles. The minimum absolute atomic E-state index is 0.224. The van der Waals surface area contributed by atoms with Crippen molar-refractivity contribution in [2.75, 3.05) is 59.4 Å². The summed E-state index contributed by atoms with van der Waals surface area (Å²) in [6.07, 6.45) is -6.15. The zero-order valence-corrected chi connectivity index (χ0v) is 16.5. The molecule has 1 rings (SSSR count). The molecule has 0 aromatic rings. The molecule has 0 amide bonds. The number of alkyl halides is 6. The van der Waals surface area contributed by atoms with Gasteiger partial charge in [-0.25, -0.2) is 0 Å². The zero-order valence-electron chi connectivity index (χ0n) is 16.5. The maximum absolute atomic E-state index is 12.4. The number of nitrogens with zero attached hydrogens (tertiary/aromatic N) is 3. The topological polar surface area (TPSA) is 42.9 Å². The highest BCUT2D eigenvalue weighted by atomic mass is 19.4. The summed E-state index contributed by atoms with van der Waals surface area (Å²) in [6, 6.07) is 0. The van der Waals surface area contributed by atoms with E-state index in [1.54, 1.807) is 0 Å². The van der Waals surface area contributed by atoms with Gasteiger partial charge < -0.3 is 10.6 Å². The predicted molar refractivity (Wildman–Crippen MR) is 97.4 cm³/mol. The summed E-state index contributed by atoms with van der Waals surface area (Å²) >= 11 is 0. The van der Waals surface area contributed by atoms with E-state index in [1.165, 1.54) is 16.8 Å². The first-order chi connectivity index (χ1) is 13.0. The number of rotatable bonds is 9. The van der Waals surface area contributed by atoms with Crippen LogP contribution in [0.3, 0.4) is 0 Å². The van der Waals surface area contributed by atoms with Crippen LogP contribution in [0.25, 0.3) is 0 Å². The molecule has 0 atom stereocenters. The van der Waals surface area contributed by atoms with Crippen molar-refractivity contribution >= 4 is 5.96 Å². The third-order valence-corrected chi connectivity index (χ3v) is 4.50. The van der Waals surface area contributed by atoms with Gasteiger partial charge in [-0.3, -0.25) is 14.8 Å². The summed E-state index contributed by atoms with van der Waals surface area (Å²) in [6.45, 7) is 2.66. The van der Waals surface area contributed by atoms with Gasteiger partial charge in [0.15, 0.2) is 5.96 Å². The van der Waals surface area contributed by atoms with E-state index < -0.39 is 25.4 Å². The number of hydrogen-bond donors (Lipinski definition) is 2. The normalized spacial score (nSPS) is 18.0. The van der Waals surface area contributed by atoms with Crippen LogP contribution in [-0.4, -0.2) is 87.5 Å².